The highest BCUT2D eigenvalue weighted by molar-refractivity contribution is 6.24. The lowest BCUT2D eigenvalue weighted by Gasteiger charge is -1.86. The first kappa shape index (κ1) is 5.79. The second-order valence-electron chi connectivity index (χ2n) is 0.516. The van der Waals surface area contributed by atoms with Crippen LogP contribution in [0.25, 0.3) is 0 Å². The number of hydrogen-bond acceptors (Lipinski definition) is 3. The van der Waals surface area contributed by atoms with Gasteiger partial charge in [-0.25, -0.2) is 0 Å². The molecule has 0 saturated carbocycles. The van der Waals surface area contributed by atoms with Gasteiger partial charge >= 0.3 is 9.17 Å². The van der Waals surface area contributed by atoms with E-state index in [4.69, 9.17) is 4.80 Å². The van der Waals surface area contributed by atoms with Crippen molar-refractivity contribution in [1.29, 1.82) is 0 Å². The van der Waals surface area contributed by atoms with Crippen LogP contribution in [-0.4, -0.2) is 24.5 Å². The van der Waals surface area contributed by atoms with E-state index in [9.17, 15) is 4.46 Å². The number of rotatable bonds is 2. The lowest BCUT2D eigenvalue weighted by molar-refractivity contribution is -0.119. The molecule has 0 spiro atoms. The first-order valence-corrected chi connectivity index (χ1v) is 3.29. The summed E-state index contributed by atoms with van der Waals surface area (Å²) in [4.78, 5) is 7.77. The van der Waals surface area contributed by atoms with Crippen molar-refractivity contribution in [3.05, 3.63) is 0 Å². The molecule has 0 fully saturated rings. The Bertz CT molecular complexity index is 49.5. The molecule has 1 N–H and O–H groups in total. The summed E-state index contributed by atoms with van der Waals surface area (Å²) in [5.74, 6) is 0. The van der Waals surface area contributed by atoms with Crippen LogP contribution in [0.15, 0.2) is 0 Å². The fourth-order valence-electron chi connectivity index (χ4n) is 0.0713. The zero-order valence-electron chi connectivity index (χ0n) is 3.17. The van der Waals surface area contributed by atoms with Crippen LogP contribution in [0.2, 0.25) is 0 Å². The summed E-state index contributed by atoms with van der Waals surface area (Å²) in [7, 11) is -2.49. The predicted molar refractivity (Wildman–Crippen MR) is 20.8 cm³/mol. The molecular weight excluding hydrogens is 120 g/mol. The molecular formula is H4O4Si2. The van der Waals surface area contributed by atoms with E-state index >= 15 is 0 Å². The van der Waals surface area contributed by atoms with E-state index in [1.54, 1.807) is 0 Å². The lowest BCUT2D eigenvalue weighted by Crippen LogP contribution is -2.03. The first-order chi connectivity index (χ1) is 2.77. The molecule has 6 heavy (non-hydrogen) atoms. The molecule has 0 unspecified atom stereocenters. The smallest absolute Gasteiger partial charge is 0.510 e. The van der Waals surface area contributed by atoms with Gasteiger partial charge in [0.2, 0.25) is 10.5 Å². The van der Waals surface area contributed by atoms with E-state index in [-0.39, 0.29) is 0 Å². The second-order valence-corrected chi connectivity index (χ2v) is 1.55. The minimum absolute atomic E-state index is 0.330. The molecule has 0 aliphatic heterocycles. The monoisotopic (exact) mass is 124 g/mol. The van der Waals surface area contributed by atoms with Gasteiger partial charge in [-0.2, -0.15) is 0 Å². The molecule has 0 aliphatic carbocycles. The maximum absolute atomic E-state index is 9.46. The van der Waals surface area contributed by atoms with Gasteiger partial charge in [0.15, 0.2) is 0 Å². The van der Waals surface area contributed by atoms with Gasteiger partial charge < -0.3 is 9.37 Å². The van der Waals surface area contributed by atoms with E-state index in [0.29, 0.717) is 10.5 Å². The highest BCUT2D eigenvalue weighted by Crippen LogP contribution is 1.62. The molecule has 4 nitrogen and oxygen atoms in total. The normalized spacial score (nSPS) is 8.00. The van der Waals surface area contributed by atoms with E-state index in [1.165, 1.54) is 0 Å². The maximum Gasteiger partial charge on any atom is 0.797 e. The van der Waals surface area contributed by atoms with Gasteiger partial charge in [0.05, 0.1) is 0 Å². The summed E-state index contributed by atoms with van der Waals surface area (Å²) in [6, 6.07) is 0. The standard InChI is InChI=1S/H4O4Si2/c1-6(2)4-3-5/h1H,5H3. The molecule has 0 bridgehead atoms. The molecule has 0 aromatic carbocycles. The molecule has 0 atom stereocenters. The average Bonchev–Trinajstić information content (AvgIpc) is 1.35. The Morgan fingerprint density at radius 3 is 2.33 bits per heavy atom. The fraction of sp³-hybridized carbons (Fsp3) is 0. The van der Waals surface area contributed by atoms with Crippen LogP contribution in [0, 0.1) is 0 Å². The molecule has 36 valence electrons. The topological polar surface area (TPSA) is 55.8 Å². The van der Waals surface area contributed by atoms with Crippen LogP contribution in [-0.2, 0) is 13.6 Å². The molecule has 6 heteroatoms. The van der Waals surface area contributed by atoms with Crippen LogP contribution in [0.3, 0.4) is 0 Å². The van der Waals surface area contributed by atoms with Gasteiger partial charge in [-0.3, -0.25) is 9.04 Å². The SMILES string of the molecule is O=[Si](O)OO[SiH3]. The Balaban J connectivity index is 2.83. The van der Waals surface area contributed by atoms with Crippen molar-refractivity contribution in [3.63, 3.8) is 0 Å². The van der Waals surface area contributed by atoms with Crippen molar-refractivity contribution in [3.8, 4) is 0 Å². The third-order valence-corrected chi connectivity index (χ3v) is 0.964. The quantitative estimate of drug-likeness (QED) is 0.254. The largest absolute Gasteiger partial charge is 0.797 e. The maximum atomic E-state index is 9.46. The van der Waals surface area contributed by atoms with E-state index in [0.717, 1.165) is 0 Å². The molecule has 0 aliphatic rings. The second kappa shape index (κ2) is 3.00. The summed E-state index contributed by atoms with van der Waals surface area (Å²) in [6.45, 7) is 0. The van der Waals surface area contributed by atoms with Crippen LogP contribution in [0.4, 0.5) is 0 Å². The van der Waals surface area contributed by atoms with Crippen molar-refractivity contribution in [2.45, 2.75) is 0 Å². The van der Waals surface area contributed by atoms with Gasteiger partial charge in [-0.1, -0.05) is 0 Å². The molecule has 0 saturated heterocycles. The van der Waals surface area contributed by atoms with Gasteiger partial charge in [0, 0.05) is 0 Å². The molecule has 0 heterocycles. The zero-order valence-corrected chi connectivity index (χ0v) is 6.17. The summed E-state index contributed by atoms with van der Waals surface area (Å²) in [6.07, 6.45) is 0. The third-order valence-electron chi connectivity index (χ3n) is 0.155. The average molecular weight is 124 g/mol. The highest BCUT2D eigenvalue weighted by Gasteiger charge is 1.99. The number of hydrogen-bond donors (Lipinski definition) is 1. The lowest BCUT2D eigenvalue weighted by atomic mass is 14.9. The Morgan fingerprint density at radius 1 is 1.83 bits per heavy atom. The zero-order chi connectivity index (χ0) is 4.99. The molecule has 0 amide bonds. The van der Waals surface area contributed by atoms with Gasteiger partial charge in [-0.15, -0.1) is 0 Å². The molecule has 0 rings (SSSR count). The van der Waals surface area contributed by atoms with Crippen molar-refractivity contribution in [2.75, 3.05) is 0 Å². The Kier molecular flexibility index (Phi) is 2.90. The van der Waals surface area contributed by atoms with Crippen molar-refractivity contribution < 1.29 is 18.4 Å². The van der Waals surface area contributed by atoms with E-state index in [2.05, 4.69) is 9.15 Å². The molecule has 0 radical (unpaired) electrons. The van der Waals surface area contributed by atoms with Crippen LogP contribution >= 0.6 is 0 Å². The predicted octanol–water partition coefficient (Wildman–Crippen LogP) is -2.38. The van der Waals surface area contributed by atoms with Gasteiger partial charge in [0.1, 0.15) is 0 Å². The molecule has 0 aromatic rings. The van der Waals surface area contributed by atoms with E-state index in [1.807, 2.05) is 0 Å². The Hall–Kier alpha value is -0.206. The summed E-state index contributed by atoms with van der Waals surface area (Å²) in [5.41, 5.74) is 0. The van der Waals surface area contributed by atoms with Gasteiger partial charge in [-0.05, 0) is 0 Å². The fourth-order valence-corrected chi connectivity index (χ4v) is 0.642. The highest BCUT2D eigenvalue weighted by atomic mass is 28.3. The first-order valence-electron chi connectivity index (χ1n) is 1.21. The van der Waals surface area contributed by atoms with Gasteiger partial charge in [0.25, 0.3) is 0 Å². The minimum atomic E-state index is -2.82. The van der Waals surface area contributed by atoms with Crippen LogP contribution < -0.4 is 0 Å². The summed E-state index contributed by atoms with van der Waals surface area (Å²) < 4.78 is 17.1. The summed E-state index contributed by atoms with van der Waals surface area (Å²) >= 11 is 0. The van der Waals surface area contributed by atoms with Crippen molar-refractivity contribution >= 4 is 19.7 Å². The summed E-state index contributed by atoms with van der Waals surface area (Å²) in [5, 5.41) is 0. The van der Waals surface area contributed by atoms with Crippen LogP contribution in [0.5, 0.6) is 0 Å². The van der Waals surface area contributed by atoms with Crippen LogP contribution in [0.1, 0.15) is 0 Å². The molecule has 0 aromatic heterocycles. The van der Waals surface area contributed by atoms with Crippen molar-refractivity contribution in [1.82, 2.24) is 0 Å². The Morgan fingerprint density at radius 2 is 2.33 bits per heavy atom. The third kappa shape index (κ3) is 3.79. The minimum Gasteiger partial charge on any atom is -0.510 e. The van der Waals surface area contributed by atoms with Crippen molar-refractivity contribution in [2.24, 2.45) is 0 Å². The van der Waals surface area contributed by atoms with E-state index < -0.39 is 9.17 Å². The Labute approximate surface area is 39.1 Å².